The summed E-state index contributed by atoms with van der Waals surface area (Å²) >= 11 is 0. The number of furan rings is 1. The van der Waals surface area contributed by atoms with Crippen molar-refractivity contribution in [2.45, 2.75) is 5.09 Å². The van der Waals surface area contributed by atoms with Gasteiger partial charge in [-0.3, -0.25) is 19.5 Å². The van der Waals surface area contributed by atoms with Crippen molar-refractivity contribution < 1.29 is 31.8 Å². The molecule has 1 amide bonds. The third-order valence-electron chi connectivity index (χ3n) is 2.66. The van der Waals surface area contributed by atoms with Gasteiger partial charge in [0.2, 0.25) is 5.09 Å². The molecule has 0 fully saturated rings. The predicted molar refractivity (Wildman–Crippen MR) is 82.9 cm³/mol. The van der Waals surface area contributed by atoms with Crippen LogP contribution in [0.3, 0.4) is 0 Å². The van der Waals surface area contributed by atoms with Gasteiger partial charge in [-0.05, 0) is 18.2 Å². The van der Waals surface area contributed by atoms with Crippen LogP contribution in [0.15, 0.2) is 51.0 Å². The summed E-state index contributed by atoms with van der Waals surface area (Å²) in [6.45, 7) is -0.531. The van der Waals surface area contributed by atoms with E-state index >= 15 is 0 Å². The highest BCUT2D eigenvalue weighted by atomic mass is 32.2. The third-order valence-corrected chi connectivity index (χ3v) is 3.39. The number of hydrazone groups is 1. The molecule has 25 heavy (non-hydrogen) atoms. The molecule has 1 aromatic heterocycles. The van der Waals surface area contributed by atoms with Crippen LogP contribution in [-0.2, 0) is 14.9 Å². The maximum atomic E-state index is 11.6. The van der Waals surface area contributed by atoms with E-state index < -0.39 is 32.6 Å². The van der Waals surface area contributed by atoms with Gasteiger partial charge in [0.25, 0.3) is 5.91 Å². The number of amides is 1. The molecule has 132 valence electrons. The standard InChI is InChI=1S/C13H11N3O8S/c17-12(8-23-11-4-2-1-3-10(11)16(18)19)15-14-7-9-5-6-13(24-9)25(20,21)22/h1-7H,8H2,(H,15,17)(H,20,21,22)/b14-7-. The van der Waals surface area contributed by atoms with Crippen molar-refractivity contribution in [2.24, 2.45) is 5.10 Å². The summed E-state index contributed by atoms with van der Waals surface area (Å²) in [5.74, 6) is -0.820. The van der Waals surface area contributed by atoms with Crippen molar-refractivity contribution in [1.82, 2.24) is 5.43 Å². The molecule has 0 aliphatic rings. The predicted octanol–water partition coefficient (Wildman–Crippen LogP) is 0.964. The fraction of sp³-hybridized carbons (Fsp3) is 0.0769. The molecule has 0 atom stereocenters. The largest absolute Gasteiger partial charge is 0.477 e. The van der Waals surface area contributed by atoms with Gasteiger partial charge in [-0.15, -0.1) is 0 Å². The Balaban J connectivity index is 1.89. The van der Waals surface area contributed by atoms with Crippen LogP contribution in [0.1, 0.15) is 5.76 Å². The van der Waals surface area contributed by atoms with Crippen LogP contribution in [0.25, 0.3) is 0 Å². The summed E-state index contributed by atoms with van der Waals surface area (Å²) in [5.41, 5.74) is 1.78. The summed E-state index contributed by atoms with van der Waals surface area (Å²) in [7, 11) is -4.46. The Hall–Kier alpha value is -3.25. The van der Waals surface area contributed by atoms with Crippen molar-refractivity contribution in [1.29, 1.82) is 0 Å². The van der Waals surface area contributed by atoms with Crippen LogP contribution in [0.5, 0.6) is 5.75 Å². The maximum absolute atomic E-state index is 11.6. The zero-order chi connectivity index (χ0) is 18.4. The molecular formula is C13H11N3O8S. The van der Waals surface area contributed by atoms with Gasteiger partial charge in [-0.2, -0.15) is 13.5 Å². The number of carbonyl (C=O) groups excluding carboxylic acids is 1. The van der Waals surface area contributed by atoms with Crippen LogP contribution in [0.4, 0.5) is 5.69 Å². The Morgan fingerprint density at radius 2 is 2.08 bits per heavy atom. The smallest absolute Gasteiger partial charge is 0.328 e. The fourth-order valence-electron chi connectivity index (χ4n) is 1.62. The van der Waals surface area contributed by atoms with Crippen molar-refractivity contribution in [3.05, 3.63) is 52.3 Å². The monoisotopic (exact) mass is 369 g/mol. The Labute approximate surface area is 140 Å². The molecule has 12 heteroatoms. The minimum absolute atomic E-state index is 0.0347. The van der Waals surface area contributed by atoms with Gasteiger partial charge < -0.3 is 9.15 Å². The summed E-state index contributed by atoms with van der Waals surface area (Å²) in [4.78, 5) is 21.7. The quantitative estimate of drug-likeness (QED) is 0.316. The number of hydrogen-bond donors (Lipinski definition) is 2. The van der Waals surface area contributed by atoms with Gasteiger partial charge >= 0.3 is 15.8 Å². The number of nitro benzene ring substituents is 1. The van der Waals surface area contributed by atoms with Gasteiger partial charge in [0.1, 0.15) is 5.76 Å². The van der Waals surface area contributed by atoms with Crippen molar-refractivity contribution in [3.63, 3.8) is 0 Å². The summed E-state index contributed by atoms with van der Waals surface area (Å²) in [6.07, 6.45) is 0.998. The highest BCUT2D eigenvalue weighted by Gasteiger charge is 2.15. The SMILES string of the molecule is O=C(COc1ccccc1[N+](=O)[O-])N/N=C\c1ccc(S(=O)(=O)O)o1. The third kappa shape index (κ3) is 5.12. The molecule has 2 aromatic rings. The van der Waals surface area contributed by atoms with Crippen LogP contribution in [0, 0.1) is 10.1 Å². The number of nitro groups is 1. The molecule has 0 unspecified atom stereocenters. The van der Waals surface area contributed by atoms with Crippen molar-refractivity contribution >= 4 is 27.9 Å². The van der Waals surface area contributed by atoms with Gasteiger partial charge in [-0.25, -0.2) is 5.43 Å². The lowest BCUT2D eigenvalue weighted by molar-refractivity contribution is -0.385. The first-order valence-corrected chi connectivity index (χ1v) is 7.97. The molecule has 0 saturated heterocycles. The van der Waals surface area contributed by atoms with Gasteiger partial charge in [-0.1, -0.05) is 12.1 Å². The van der Waals surface area contributed by atoms with E-state index in [1.165, 1.54) is 30.3 Å². The van der Waals surface area contributed by atoms with E-state index in [0.29, 0.717) is 0 Å². The number of nitrogens with one attached hydrogen (secondary N) is 1. The number of carbonyl (C=O) groups is 1. The van der Waals surface area contributed by atoms with Gasteiger partial charge in [0, 0.05) is 6.07 Å². The Kier molecular flexibility index (Phi) is 5.46. The normalized spacial score (nSPS) is 11.4. The van der Waals surface area contributed by atoms with Crippen LogP contribution < -0.4 is 10.2 Å². The second kappa shape index (κ2) is 7.55. The zero-order valence-corrected chi connectivity index (χ0v) is 13.2. The zero-order valence-electron chi connectivity index (χ0n) is 12.4. The van der Waals surface area contributed by atoms with Gasteiger partial charge in [0.05, 0.1) is 11.1 Å². The highest BCUT2D eigenvalue weighted by molar-refractivity contribution is 7.85. The average Bonchev–Trinajstić information content (AvgIpc) is 3.02. The molecule has 0 saturated carbocycles. The van der Waals surface area contributed by atoms with Crippen LogP contribution >= 0.6 is 0 Å². The highest BCUT2D eigenvalue weighted by Crippen LogP contribution is 2.25. The summed E-state index contributed by atoms with van der Waals surface area (Å²) in [6, 6.07) is 7.77. The van der Waals surface area contributed by atoms with E-state index in [0.717, 1.165) is 12.3 Å². The molecule has 11 nitrogen and oxygen atoms in total. The minimum Gasteiger partial charge on any atom is -0.477 e. The van der Waals surface area contributed by atoms with Gasteiger partial charge in [0.15, 0.2) is 12.4 Å². The second-order valence-electron chi connectivity index (χ2n) is 4.44. The van der Waals surface area contributed by atoms with Crippen molar-refractivity contribution in [2.75, 3.05) is 6.61 Å². The van der Waals surface area contributed by atoms with Crippen LogP contribution in [-0.4, -0.2) is 36.6 Å². The van der Waals surface area contributed by atoms with E-state index in [1.54, 1.807) is 0 Å². The molecule has 2 rings (SSSR count). The Morgan fingerprint density at radius 3 is 2.72 bits per heavy atom. The van der Waals surface area contributed by atoms with E-state index in [9.17, 15) is 23.3 Å². The van der Waals surface area contributed by atoms with E-state index in [1.807, 2.05) is 0 Å². The molecule has 0 radical (unpaired) electrons. The van der Waals surface area contributed by atoms with Crippen LogP contribution in [0.2, 0.25) is 0 Å². The Morgan fingerprint density at radius 1 is 1.36 bits per heavy atom. The first-order valence-electron chi connectivity index (χ1n) is 6.53. The first-order chi connectivity index (χ1) is 11.8. The summed E-state index contributed by atoms with van der Waals surface area (Å²) in [5, 5.41) is 13.6. The number of rotatable bonds is 7. The summed E-state index contributed by atoms with van der Waals surface area (Å²) < 4.78 is 40.2. The van der Waals surface area contributed by atoms with Crippen molar-refractivity contribution in [3.8, 4) is 5.75 Å². The van der Waals surface area contributed by atoms with E-state index in [4.69, 9.17) is 13.7 Å². The van der Waals surface area contributed by atoms with E-state index in [-0.39, 0.29) is 17.2 Å². The molecule has 0 bridgehead atoms. The molecular weight excluding hydrogens is 358 g/mol. The molecule has 0 spiro atoms. The lowest BCUT2D eigenvalue weighted by atomic mass is 10.3. The Bertz CT molecular complexity index is 919. The topological polar surface area (TPSA) is 161 Å². The number of hydrogen-bond acceptors (Lipinski definition) is 8. The minimum atomic E-state index is -4.46. The second-order valence-corrected chi connectivity index (χ2v) is 5.79. The lowest BCUT2D eigenvalue weighted by Crippen LogP contribution is -2.24. The average molecular weight is 369 g/mol. The van der Waals surface area contributed by atoms with E-state index in [2.05, 4.69) is 10.5 Å². The number of nitrogens with zero attached hydrogens (tertiary/aromatic N) is 2. The molecule has 0 aliphatic heterocycles. The lowest BCUT2D eigenvalue weighted by Gasteiger charge is -2.05. The number of para-hydroxylation sites is 2. The molecule has 1 heterocycles. The molecule has 2 N–H and O–H groups in total. The number of benzene rings is 1. The number of ether oxygens (including phenoxy) is 1. The fourth-order valence-corrected chi connectivity index (χ4v) is 2.06. The molecule has 1 aromatic carbocycles. The molecule has 0 aliphatic carbocycles. The first kappa shape index (κ1) is 18.1. The maximum Gasteiger partial charge on any atom is 0.328 e.